The van der Waals surface area contributed by atoms with Gasteiger partial charge in [-0.15, -0.1) is 0 Å². The van der Waals surface area contributed by atoms with Gasteiger partial charge in [-0.1, -0.05) is 26.8 Å². The molecule has 0 saturated heterocycles. The molecule has 0 saturated carbocycles. The Morgan fingerprint density at radius 3 is 2.46 bits per heavy atom. The van der Waals surface area contributed by atoms with Crippen LogP contribution in [0.4, 0.5) is 8.78 Å². The van der Waals surface area contributed by atoms with Gasteiger partial charge in [-0.3, -0.25) is 4.68 Å². The molecule has 4 nitrogen and oxygen atoms in total. The zero-order valence-electron chi connectivity index (χ0n) is 14.8. The van der Waals surface area contributed by atoms with Crippen LogP contribution in [0.1, 0.15) is 44.5 Å². The topological polar surface area (TPSA) is 50.1 Å². The Balaban J connectivity index is 2.09. The predicted molar refractivity (Wildman–Crippen MR) is 89.5 cm³/mol. The van der Waals surface area contributed by atoms with Crippen LogP contribution in [0.3, 0.4) is 0 Å². The summed E-state index contributed by atoms with van der Waals surface area (Å²) in [4.78, 5) is 0. The molecule has 0 bridgehead atoms. The number of aryl methyl sites for hydroxylation is 1. The summed E-state index contributed by atoms with van der Waals surface area (Å²) in [5.41, 5.74) is 0.537. The third-order valence-corrected chi connectivity index (χ3v) is 3.91. The number of aromatic nitrogens is 2. The maximum atomic E-state index is 13.9. The van der Waals surface area contributed by atoms with E-state index in [1.165, 1.54) is 13.0 Å². The monoisotopic (exact) mass is 337 g/mol. The van der Waals surface area contributed by atoms with Crippen LogP contribution in [0.15, 0.2) is 24.4 Å². The van der Waals surface area contributed by atoms with E-state index < -0.39 is 17.2 Å². The first-order valence-electron chi connectivity index (χ1n) is 7.92. The van der Waals surface area contributed by atoms with Gasteiger partial charge in [-0.25, -0.2) is 8.78 Å². The van der Waals surface area contributed by atoms with Crippen molar-refractivity contribution in [1.82, 2.24) is 15.1 Å². The van der Waals surface area contributed by atoms with Gasteiger partial charge in [0.1, 0.15) is 17.2 Å². The largest absolute Gasteiger partial charge is 0.384 e. The maximum absolute atomic E-state index is 13.9. The second-order valence-electron chi connectivity index (χ2n) is 7.43. The minimum absolute atomic E-state index is 0.0682. The minimum atomic E-state index is -1.44. The van der Waals surface area contributed by atoms with Gasteiger partial charge in [0.15, 0.2) is 0 Å². The summed E-state index contributed by atoms with van der Waals surface area (Å²) in [7, 11) is 1.86. The molecule has 2 rings (SSSR count). The minimum Gasteiger partial charge on any atom is -0.384 e. The van der Waals surface area contributed by atoms with Crippen molar-refractivity contribution in [3.05, 3.63) is 52.9 Å². The summed E-state index contributed by atoms with van der Waals surface area (Å²) in [6.07, 6.45) is 1.93. The zero-order valence-corrected chi connectivity index (χ0v) is 14.8. The van der Waals surface area contributed by atoms with Crippen LogP contribution in [-0.2, 0) is 24.6 Å². The summed E-state index contributed by atoms with van der Waals surface area (Å²) in [6.45, 7) is 8.40. The molecule has 2 aromatic rings. The fraction of sp³-hybridized carbons (Fsp3) is 0.500. The van der Waals surface area contributed by atoms with Gasteiger partial charge in [-0.2, -0.15) is 5.10 Å². The molecule has 1 aromatic carbocycles. The lowest BCUT2D eigenvalue weighted by molar-refractivity contribution is 0.0528. The van der Waals surface area contributed by atoms with Crippen molar-refractivity contribution >= 4 is 0 Å². The molecule has 1 aromatic heterocycles. The van der Waals surface area contributed by atoms with Crippen LogP contribution in [0.2, 0.25) is 0 Å². The van der Waals surface area contributed by atoms with E-state index in [2.05, 4.69) is 31.2 Å². The lowest BCUT2D eigenvalue weighted by atomic mass is 9.89. The molecule has 0 aliphatic rings. The molecule has 0 amide bonds. The van der Waals surface area contributed by atoms with E-state index >= 15 is 0 Å². The highest BCUT2D eigenvalue weighted by molar-refractivity contribution is 5.26. The zero-order chi connectivity index (χ0) is 18.1. The van der Waals surface area contributed by atoms with Crippen molar-refractivity contribution in [3.63, 3.8) is 0 Å². The van der Waals surface area contributed by atoms with Crippen LogP contribution in [0.5, 0.6) is 0 Å². The number of nitrogens with zero attached hydrogens (tertiary/aromatic N) is 2. The molecule has 0 spiro atoms. The third kappa shape index (κ3) is 4.19. The van der Waals surface area contributed by atoms with Gasteiger partial charge in [0.2, 0.25) is 0 Å². The number of halogens is 2. The quantitative estimate of drug-likeness (QED) is 0.882. The van der Waals surface area contributed by atoms with Crippen molar-refractivity contribution in [3.8, 4) is 0 Å². The van der Waals surface area contributed by atoms with Gasteiger partial charge < -0.3 is 10.4 Å². The average Bonchev–Trinajstić information content (AvgIpc) is 2.79. The molecule has 132 valence electrons. The van der Waals surface area contributed by atoms with Crippen LogP contribution >= 0.6 is 0 Å². The van der Waals surface area contributed by atoms with Crippen molar-refractivity contribution in [1.29, 1.82) is 0 Å². The molecule has 1 atom stereocenters. The Labute approximate surface area is 141 Å². The van der Waals surface area contributed by atoms with Crippen LogP contribution in [0.25, 0.3) is 0 Å². The first-order chi connectivity index (χ1) is 11.0. The summed E-state index contributed by atoms with van der Waals surface area (Å²) < 4.78 is 28.7. The highest BCUT2D eigenvalue weighted by Crippen LogP contribution is 2.26. The molecule has 0 aliphatic heterocycles. The molecule has 1 unspecified atom stereocenters. The molecular formula is C18H25F2N3O. The highest BCUT2D eigenvalue weighted by Gasteiger charge is 2.27. The van der Waals surface area contributed by atoms with E-state index in [-0.39, 0.29) is 17.5 Å². The molecule has 0 fully saturated rings. The second-order valence-corrected chi connectivity index (χ2v) is 7.43. The fourth-order valence-electron chi connectivity index (χ4n) is 2.76. The van der Waals surface area contributed by atoms with E-state index in [1.807, 2.05) is 13.2 Å². The van der Waals surface area contributed by atoms with Crippen LogP contribution in [-0.4, -0.2) is 21.4 Å². The van der Waals surface area contributed by atoms with Crippen molar-refractivity contribution < 1.29 is 13.9 Å². The average molecular weight is 337 g/mol. The van der Waals surface area contributed by atoms with Gasteiger partial charge in [0, 0.05) is 48.9 Å². The summed E-state index contributed by atoms with van der Waals surface area (Å²) in [5.74, 6) is -1.41. The van der Waals surface area contributed by atoms with Gasteiger partial charge in [0.05, 0.1) is 5.69 Å². The first kappa shape index (κ1) is 18.5. The fourth-order valence-corrected chi connectivity index (χ4v) is 2.76. The Bertz CT molecular complexity index is 718. The molecule has 24 heavy (non-hydrogen) atoms. The van der Waals surface area contributed by atoms with Gasteiger partial charge >= 0.3 is 0 Å². The van der Waals surface area contributed by atoms with E-state index in [4.69, 9.17) is 0 Å². The standard InChI is InChI=1S/C18H25F2N3O/c1-17(2,3)16-12(10-23(5)22-16)9-21-11-18(4,24)14-7-6-13(19)8-15(14)20/h6-8,10,21,24H,9,11H2,1-5H3. The summed E-state index contributed by atoms with van der Waals surface area (Å²) in [5, 5.41) is 18.2. The Kier molecular flexibility index (Phi) is 5.11. The summed E-state index contributed by atoms with van der Waals surface area (Å²) >= 11 is 0. The smallest absolute Gasteiger partial charge is 0.132 e. The third-order valence-electron chi connectivity index (χ3n) is 3.91. The lowest BCUT2D eigenvalue weighted by Gasteiger charge is -2.25. The van der Waals surface area contributed by atoms with Crippen LogP contribution in [0, 0.1) is 11.6 Å². The number of hydrogen-bond acceptors (Lipinski definition) is 3. The Hall–Kier alpha value is -1.79. The molecule has 0 aliphatic carbocycles. The molecule has 2 N–H and O–H groups in total. The van der Waals surface area contributed by atoms with Crippen molar-refractivity contribution in [2.75, 3.05) is 6.54 Å². The van der Waals surface area contributed by atoms with E-state index in [9.17, 15) is 13.9 Å². The summed E-state index contributed by atoms with van der Waals surface area (Å²) in [6, 6.07) is 3.20. The van der Waals surface area contributed by atoms with Crippen LogP contribution < -0.4 is 5.32 Å². The Morgan fingerprint density at radius 2 is 1.88 bits per heavy atom. The highest BCUT2D eigenvalue weighted by atomic mass is 19.1. The SMILES string of the molecule is Cn1cc(CNCC(C)(O)c2ccc(F)cc2F)c(C(C)(C)C)n1. The lowest BCUT2D eigenvalue weighted by Crippen LogP contribution is -2.36. The number of aliphatic hydroxyl groups is 1. The van der Waals surface area contributed by atoms with Crippen molar-refractivity contribution in [2.45, 2.75) is 45.3 Å². The predicted octanol–water partition coefficient (Wildman–Crippen LogP) is 2.99. The molecular weight excluding hydrogens is 312 g/mol. The number of hydrogen-bond donors (Lipinski definition) is 2. The number of nitrogens with one attached hydrogen (secondary N) is 1. The Morgan fingerprint density at radius 1 is 1.21 bits per heavy atom. The van der Waals surface area contributed by atoms with E-state index in [0.29, 0.717) is 6.54 Å². The van der Waals surface area contributed by atoms with Gasteiger partial charge in [0.25, 0.3) is 0 Å². The number of benzene rings is 1. The van der Waals surface area contributed by atoms with E-state index in [0.717, 1.165) is 23.4 Å². The van der Waals surface area contributed by atoms with Crippen molar-refractivity contribution in [2.24, 2.45) is 7.05 Å². The molecule has 6 heteroatoms. The normalized spacial score (nSPS) is 14.7. The molecule has 1 heterocycles. The maximum Gasteiger partial charge on any atom is 0.132 e. The van der Waals surface area contributed by atoms with E-state index in [1.54, 1.807) is 4.68 Å². The van der Waals surface area contributed by atoms with Gasteiger partial charge in [-0.05, 0) is 13.0 Å². The molecule has 0 radical (unpaired) electrons. The number of rotatable bonds is 5. The first-order valence-corrected chi connectivity index (χ1v) is 7.92. The second kappa shape index (κ2) is 6.61.